The van der Waals surface area contributed by atoms with Gasteiger partial charge in [0.15, 0.2) is 5.82 Å². The number of rotatable bonds is 2. The summed E-state index contributed by atoms with van der Waals surface area (Å²) >= 11 is 5.95. The fraction of sp³-hybridized carbons (Fsp3) is 0.211. The molecule has 1 aromatic heterocycles. The van der Waals surface area contributed by atoms with Gasteiger partial charge in [0.1, 0.15) is 5.69 Å². The van der Waals surface area contributed by atoms with Gasteiger partial charge >= 0.3 is 0 Å². The predicted molar refractivity (Wildman–Crippen MR) is 97.6 cm³/mol. The number of piperidine rings is 1. The molecule has 1 fully saturated rings. The number of aromatic nitrogens is 1. The number of benzene rings is 1. The van der Waals surface area contributed by atoms with Crippen LogP contribution in [0.3, 0.4) is 0 Å². The van der Waals surface area contributed by atoms with Gasteiger partial charge in [-0.2, -0.15) is 0 Å². The van der Waals surface area contributed by atoms with Crippen LogP contribution in [0, 0.1) is 16.7 Å². The monoisotopic (exact) mass is 337 g/mol. The summed E-state index contributed by atoms with van der Waals surface area (Å²) in [5, 5.41) is 3.75. The van der Waals surface area contributed by atoms with Gasteiger partial charge in [0.25, 0.3) is 0 Å². The lowest BCUT2D eigenvalue weighted by molar-refractivity contribution is 0.678. The number of allylic oxidation sites excluding steroid dienone is 1. The summed E-state index contributed by atoms with van der Waals surface area (Å²) in [5.41, 5.74) is 2.61. The molecule has 120 valence electrons. The normalized spacial score (nSPS) is 13.9. The van der Waals surface area contributed by atoms with Gasteiger partial charge < -0.3 is 4.90 Å². The van der Waals surface area contributed by atoms with E-state index in [1.54, 1.807) is 18.3 Å². The smallest absolute Gasteiger partial charge is 0.158 e. The minimum atomic E-state index is 0.394. The summed E-state index contributed by atoms with van der Waals surface area (Å²) in [4.78, 5) is 17.3. The summed E-state index contributed by atoms with van der Waals surface area (Å²) in [6.07, 6.45) is 5.47. The van der Waals surface area contributed by atoms with Gasteiger partial charge in [-0.15, -0.1) is 4.91 Å². The molecule has 2 heterocycles. The minimum absolute atomic E-state index is 0.394. The molecule has 0 unspecified atom stereocenters. The Morgan fingerprint density at radius 1 is 1.21 bits per heavy atom. The zero-order chi connectivity index (χ0) is 16.8. The minimum Gasteiger partial charge on any atom is -0.354 e. The molecular formula is C19H16ClN3O. The number of anilines is 1. The van der Waals surface area contributed by atoms with E-state index >= 15 is 0 Å². The van der Waals surface area contributed by atoms with Gasteiger partial charge in [-0.1, -0.05) is 35.1 Å². The highest BCUT2D eigenvalue weighted by Gasteiger charge is 2.18. The number of halogens is 1. The SMILES string of the molecule is O=Nc1cccnc1N1CCC(=CC#Cc2cccc(Cl)c2)CC1. The summed E-state index contributed by atoms with van der Waals surface area (Å²) in [6.45, 7) is 1.62. The van der Waals surface area contributed by atoms with Crippen LogP contribution in [-0.4, -0.2) is 18.1 Å². The van der Waals surface area contributed by atoms with Crippen LogP contribution in [0.4, 0.5) is 11.5 Å². The fourth-order valence-electron chi connectivity index (χ4n) is 2.64. The van der Waals surface area contributed by atoms with Crippen LogP contribution in [0.1, 0.15) is 18.4 Å². The number of hydrogen-bond donors (Lipinski definition) is 0. The molecule has 0 N–H and O–H groups in total. The van der Waals surface area contributed by atoms with Crippen molar-refractivity contribution in [2.75, 3.05) is 18.0 Å². The van der Waals surface area contributed by atoms with Gasteiger partial charge in [0.2, 0.25) is 0 Å². The zero-order valence-corrected chi connectivity index (χ0v) is 13.8. The average molecular weight is 338 g/mol. The van der Waals surface area contributed by atoms with E-state index in [1.165, 1.54) is 5.57 Å². The van der Waals surface area contributed by atoms with Crippen LogP contribution in [0.2, 0.25) is 5.02 Å². The highest BCUT2D eigenvalue weighted by molar-refractivity contribution is 6.30. The van der Waals surface area contributed by atoms with E-state index in [2.05, 4.69) is 26.9 Å². The molecule has 0 spiro atoms. The van der Waals surface area contributed by atoms with Crippen LogP contribution >= 0.6 is 11.6 Å². The third kappa shape index (κ3) is 4.01. The number of pyridine rings is 1. The highest BCUT2D eigenvalue weighted by Crippen LogP contribution is 2.28. The Hall–Kier alpha value is -2.64. The van der Waals surface area contributed by atoms with Crippen LogP contribution in [0.15, 0.2) is 59.4 Å². The Labute approximate surface area is 146 Å². The van der Waals surface area contributed by atoms with Crippen molar-refractivity contribution in [1.82, 2.24) is 4.98 Å². The number of nitrogens with zero attached hydrogens (tertiary/aromatic N) is 3. The van der Waals surface area contributed by atoms with Crippen molar-refractivity contribution in [2.45, 2.75) is 12.8 Å². The van der Waals surface area contributed by atoms with Crippen molar-refractivity contribution < 1.29 is 0 Å². The molecule has 5 heteroatoms. The van der Waals surface area contributed by atoms with Gasteiger partial charge in [0.05, 0.1) is 0 Å². The second-order valence-corrected chi connectivity index (χ2v) is 5.94. The molecular weight excluding hydrogens is 322 g/mol. The highest BCUT2D eigenvalue weighted by atomic mass is 35.5. The maximum Gasteiger partial charge on any atom is 0.158 e. The first kappa shape index (κ1) is 16.2. The molecule has 1 aliphatic rings. The molecule has 0 saturated carbocycles. The van der Waals surface area contributed by atoms with Crippen molar-refractivity contribution in [3.05, 3.63) is 69.7 Å². The molecule has 4 nitrogen and oxygen atoms in total. The van der Waals surface area contributed by atoms with Gasteiger partial charge in [-0.05, 0) is 54.4 Å². The second kappa shape index (κ2) is 7.76. The molecule has 0 aliphatic carbocycles. The molecule has 1 saturated heterocycles. The number of nitroso groups, excluding NO2 is 1. The van der Waals surface area contributed by atoms with Crippen molar-refractivity contribution in [3.63, 3.8) is 0 Å². The maximum absolute atomic E-state index is 10.9. The van der Waals surface area contributed by atoms with Crippen molar-refractivity contribution >= 4 is 23.1 Å². The third-order valence-electron chi connectivity index (χ3n) is 3.89. The van der Waals surface area contributed by atoms with Crippen molar-refractivity contribution in [1.29, 1.82) is 0 Å². The number of hydrogen-bond acceptors (Lipinski definition) is 4. The summed E-state index contributed by atoms with van der Waals surface area (Å²) in [6, 6.07) is 10.9. The Morgan fingerprint density at radius 3 is 2.79 bits per heavy atom. The lowest BCUT2D eigenvalue weighted by Gasteiger charge is -2.29. The van der Waals surface area contributed by atoms with Crippen LogP contribution in [-0.2, 0) is 0 Å². The first-order valence-corrected chi connectivity index (χ1v) is 8.12. The van der Waals surface area contributed by atoms with E-state index in [4.69, 9.17) is 11.6 Å². The second-order valence-electron chi connectivity index (χ2n) is 5.51. The summed E-state index contributed by atoms with van der Waals surface area (Å²) < 4.78 is 0. The molecule has 24 heavy (non-hydrogen) atoms. The fourth-order valence-corrected chi connectivity index (χ4v) is 2.83. The molecule has 0 radical (unpaired) electrons. The van der Waals surface area contributed by atoms with Gasteiger partial charge in [0, 0.05) is 29.9 Å². The maximum atomic E-state index is 10.9. The molecule has 0 atom stereocenters. The van der Waals surface area contributed by atoms with Gasteiger partial charge in [-0.25, -0.2) is 4.98 Å². The predicted octanol–water partition coefficient (Wildman–Crippen LogP) is 4.71. The zero-order valence-electron chi connectivity index (χ0n) is 13.1. The first-order valence-electron chi connectivity index (χ1n) is 7.74. The summed E-state index contributed by atoms with van der Waals surface area (Å²) in [5.74, 6) is 6.87. The Morgan fingerprint density at radius 2 is 2.04 bits per heavy atom. The molecule has 1 aromatic carbocycles. The van der Waals surface area contributed by atoms with Gasteiger partial charge in [-0.3, -0.25) is 0 Å². The van der Waals surface area contributed by atoms with Crippen molar-refractivity contribution in [2.24, 2.45) is 5.18 Å². The lowest BCUT2D eigenvalue weighted by Crippen LogP contribution is -2.31. The average Bonchev–Trinajstić information content (AvgIpc) is 2.62. The third-order valence-corrected chi connectivity index (χ3v) is 4.12. The van der Waals surface area contributed by atoms with E-state index in [0.717, 1.165) is 31.5 Å². The molecule has 1 aliphatic heterocycles. The Kier molecular flexibility index (Phi) is 5.25. The van der Waals surface area contributed by atoms with Crippen LogP contribution in [0.5, 0.6) is 0 Å². The van der Waals surface area contributed by atoms with E-state index in [9.17, 15) is 4.91 Å². The topological polar surface area (TPSA) is 45.6 Å². The first-order chi connectivity index (χ1) is 11.8. The quantitative estimate of drug-likeness (QED) is 0.589. The molecule has 0 bridgehead atoms. The Bertz CT molecular complexity index is 826. The Balaban J connectivity index is 1.64. The molecule has 0 amide bonds. The van der Waals surface area contributed by atoms with Crippen LogP contribution in [0.25, 0.3) is 0 Å². The van der Waals surface area contributed by atoms with Crippen LogP contribution < -0.4 is 4.90 Å². The summed E-state index contributed by atoms with van der Waals surface area (Å²) in [7, 11) is 0. The van der Waals surface area contributed by atoms with E-state index in [0.29, 0.717) is 16.5 Å². The molecule has 3 rings (SSSR count). The standard InChI is InChI=1S/C19H16ClN3O/c20-17-7-2-6-16(14-17)5-1-4-15-9-12-23(13-10-15)19-18(22-24)8-3-11-21-19/h2-4,6-8,11,14H,9-10,12-13H2. The van der Waals surface area contributed by atoms with E-state index in [-0.39, 0.29) is 0 Å². The van der Waals surface area contributed by atoms with E-state index < -0.39 is 0 Å². The van der Waals surface area contributed by atoms with E-state index in [1.807, 2.05) is 30.3 Å². The van der Waals surface area contributed by atoms with Crippen molar-refractivity contribution in [3.8, 4) is 11.8 Å². The lowest BCUT2D eigenvalue weighted by atomic mass is 10.0. The largest absolute Gasteiger partial charge is 0.354 e. The molecule has 2 aromatic rings.